The van der Waals surface area contributed by atoms with Crippen molar-refractivity contribution in [1.29, 1.82) is 0 Å². The van der Waals surface area contributed by atoms with Gasteiger partial charge < -0.3 is 4.90 Å². The van der Waals surface area contributed by atoms with Crippen molar-refractivity contribution < 1.29 is 0 Å². The summed E-state index contributed by atoms with van der Waals surface area (Å²) in [5, 5.41) is 3.06. The number of para-hydroxylation sites is 1. The number of nitrogen functional groups attached to an aromatic ring is 1. The third-order valence-electron chi connectivity index (χ3n) is 3.07. The van der Waals surface area contributed by atoms with Crippen molar-refractivity contribution in [2.45, 2.75) is 6.92 Å². The molecule has 0 saturated heterocycles. The minimum atomic E-state index is 0.435. The predicted molar refractivity (Wildman–Crippen MR) is 84.3 cm³/mol. The van der Waals surface area contributed by atoms with Crippen LogP contribution in [0.1, 0.15) is 6.92 Å². The Labute approximate surface area is 121 Å². The number of nitrogens with zero attached hydrogens (tertiary/aromatic N) is 3. The first-order valence-corrected chi connectivity index (χ1v) is 7.26. The van der Waals surface area contributed by atoms with Gasteiger partial charge in [-0.25, -0.2) is 10.8 Å². The molecular formula is C14H15N5S. The van der Waals surface area contributed by atoms with Crippen molar-refractivity contribution in [1.82, 2.24) is 9.97 Å². The smallest absolute Gasteiger partial charge is 0.240 e. The highest BCUT2D eigenvalue weighted by atomic mass is 32.1. The van der Waals surface area contributed by atoms with Gasteiger partial charge in [-0.05, 0) is 30.5 Å². The summed E-state index contributed by atoms with van der Waals surface area (Å²) in [7, 11) is 0. The topological polar surface area (TPSA) is 67.1 Å². The van der Waals surface area contributed by atoms with Gasteiger partial charge in [-0.2, -0.15) is 4.98 Å². The van der Waals surface area contributed by atoms with Crippen molar-refractivity contribution in [3.8, 4) is 0 Å². The fraction of sp³-hybridized carbons (Fsp3) is 0.143. The number of anilines is 3. The average Bonchev–Trinajstić information content (AvgIpc) is 2.97. The normalized spacial score (nSPS) is 10.7. The summed E-state index contributed by atoms with van der Waals surface area (Å²) in [5.41, 5.74) is 3.64. The molecule has 6 heteroatoms. The average molecular weight is 285 g/mol. The first-order valence-electron chi connectivity index (χ1n) is 6.38. The number of fused-ring (bicyclic) bond motifs is 1. The SMILES string of the molecule is CCN(c1ccccc1)c1nc(NN)nc2sccc12. The molecular weight excluding hydrogens is 270 g/mol. The number of hydrazine groups is 1. The van der Waals surface area contributed by atoms with Gasteiger partial charge in [0.05, 0.1) is 5.39 Å². The zero-order valence-electron chi connectivity index (χ0n) is 11.1. The molecule has 0 spiro atoms. The van der Waals surface area contributed by atoms with Gasteiger partial charge in [0.1, 0.15) is 10.6 Å². The van der Waals surface area contributed by atoms with Crippen molar-refractivity contribution in [3.63, 3.8) is 0 Å². The van der Waals surface area contributed by atoms with Gasteiger partial charge in [0.2, 0.25) is 5.95 Å². The van der Waals surface area contributed by atoms with E-state index in [4.69, 9.17) is 5.84 Å². The van der Waals surface area contributed by atoms with Crippen LogP contribution in [0.4, 0.5) is 17.5 Å². The van der Waals surface area contributed by atoms with E-state index < -0.39 is 0 Å². The van der Waals surface area contributed by atoms with Gasteiger partial charge in [0.25, 0.3) is 0 Å². The van der Waals surface area contributed by atoms with Crippen LogP contribution in [0.2, 0.25) is 0 Å². The van der Waals surface area contributed by atoms with Crippen LogP contribution in [0.5, 0.6) is 0 Å². The first-order chi connectivity index (χ1) is 9.83. The second-order valence-corrected chi connectivity index (χ2v) is 5.13. The number of aromatic nitrogens is 2. The van der Waals surface area contributed by atoms with Crippen molar-refractivity contribution >= 4 is 39.0 Å². The highest BCUT2D eigenvalue weighted by Gasteiger charge is 2.15. The lowest BCUT2D eigenvalue weighted by Crippen LogP contribution is -2.19. The molecule has 20 heavy (non-hydrogen) atoms. The highest BCUT2D eigenvalue weighted by molar-refractivity contribution is 7.16. The van der Waals surface area contributed by atoms with Crippen LogP contribution >= 0.6 is 11.3 Å². The van der Waals surface area contributed by atoms with E-state index in [1.165, 1.54) is 0 Å². The van der Waals surface area contributed by atoms with Gasteiger partial charge in [-0.1, -0.05) is 18.2 Å². The third kappa shape index (κ3) is 2.19. The van der Waals surface area contributed by atoms with Crippen molar-refractivity contribution in [3.05, 3.63) is 41.8 Å². The lowest BCUT2D eigenvalue weighted by molar-refractivity contribution is 0.989. The van der Waals surface area contributed by atoms with E-state index in [1.807, 2.05) is 29.6 Å². The summed E-state index contributed by atoms with van der Waals surface area (Å²) in [6, 6.07) is 12.2. The maximum atomic E-state index is 5.47. The minimum Gasteiger partial charge on any atom is -0.326 e. The number of hydrogen-bond donors (Lipinski definition) is 2. The molecule has 2 aromatic heterocycles. The Balaban J connectivity index is 2.18. The molecule has 0 bridgehead atoms. The molecule has 3 rings (SSSR count). The number of thiophene rings is 1. The predicted octanol–water partition coefficient (Wildman–Crippen LogP) is 3.13. The fourth-order valence-corrected chi connectivity index (χ4v) is 2.93. The molecule has 0 fully saturated rings. The molecule has 3 aromatic rings. The van der Waals surface area contributed by atoms with Crippen LogP contribution in [0.3, 0.4) is 0 Å². The fourth-order valence-electron chi connectivity index (χ4n) is 2.17. The number of nitrogens with two attached hydrogens (primary N) is 1. The van der Waals surface area contributed by atoms with Gasteiger partial charge in [0.15, 0.2) is 0 Å². The van der Waals surface area contributed by atoms with Crippen LogP contribution in [0.25, 0.3) is 10.2 Å². The Morgan fingerprint density at radius 1 is 1.20 bits per heavy atom. The molecule has 102 valence electrons. The van der Waals surface area contributed by atoms with Gasteiger partial charge in [-0.15, -0.1) is 11.3 Å². The standard InChI is InChI=1S/C14H15N5S/c1-2-19(10-6-4-3-5-7-10)12-11-8-9-20-13(11)17-14(16-12)18-15/h3-9H,2,15H2,1H3,(H,16,17,18). The molecule has 0 saturated carbocycles. The molecule has 1 aromatic carbocycles. The Hall–Kier alpha value is -2.18. The lowest BCUT2D eigenvalue weighted by Gasteiger charge is -2.23. The van der Waals surface area contributed by atoms with Crippen LogP contribution in [0.15, 0.2) is 41.8 Å². The van der Waals surface area contributed by atoms with Crippen molar-refractivity contribution in [2.75, 3.05) is 16.9 Å². The van der Waals surface area contributed by atoms with E-state index in [0.717, 1.165) is 28.3 Å². The highest BCUT2D eigenvalue weighted by Crippen LogP contribution is 2.32. The summed E-state index contributed by atoms with van der Waals surface area (Å²) in [6.45, 7) is 2.92. The second kappa shape index (κ2) is 5.44. The summed E-state index contributed by atoms with van der Waals surface area (Å²) in [4.78, 5) is 12.0. The molecule has 0 amide bonds. The molecule has 5 nitrogen and oxygen atoms in total. The Morgan fingerprint density at radius 2 is 2.00 bits per heavy atom. The third-order valence-corrected chi connectivity index (χ3v) is 3.88. The van der Waals surface area contributed by atoms with Crippen LogP contribution in [-0.2, 0) is 0 Å². The summed E-state index contributed by atoms with van der Waals surface area (Å²) >= 11 is 1.58. The van der Waals surface area contributed by atoms with E-state index in [9.17, 15) is 0 Å². The quantitative estimate of drug-likeness (QED) is 0.569. The Bertz CT molecular complexity index is 710. The van der Waals surface area contributed by atoms with E-state index in [1.54, 1.807) is 11.3 Å². The van der Waals surface area contributed by atoms with Gasteiger partial charge in [0, 0.05) is 12.2 Å². The van der Waals surface area contributed by atoms with E-state index in [0.29, 0.717) is 5.95 Å². The second-order valence-electron chi connectivity index (χ2n) is 4.23. The Morgan fingerprint density at radius 3 is 2.70 bits per heavy atom. The zero-order chi connectivity index (χ0) is 13.9. The summed E-state index contributed by atoms with van der Waals surface area (Å²) in [5.74, 6) is 6.78. The van der Waals surface area contributed by atoms with Gasteiger partial charge in [-0.3, -0.25) is 5.43 Å². The maximum Gasteiger partial charge on any atom is 0.240 e. The van der Waals surface area contributed by atoms with E-state index in [2.05, 4.69) is 39.4 Å². The largest absolute Gasteiger partial charge is 0.326 e. The van der Waals surface area contributed by atoms with Crippen LogP contribution in [-0.4, -0.2) is 16.5 Å². The van der Waals surface area contributed by atoms with Crippen LogP contribution < -0.4 is 16.2 Å². The summed E-state index contributed by atoms with van der Waals surface area (Å²) < 4.78 is 0. The first kappa shape index (κ1) is 12.8. The monoisotopic (exact) mass is 285 g/mol. The number of benzene rings is 1. The van der Waals surface area contributed by atoms with Crippen molar-refractivity contribution in [2.24, 2.45) is 5.84 Å². The minimum absolute atomic E-state index is 0.435. The lowest BCUT2D eigenvalue weighted by atomic mass is 10.2. The zero-order valence-corrected chi connectivity index (χ0v) is 11.9. The molecule has 3 N–H and O–H groups in total. The Kier molecular flexibility index (Phi) is 3.49. The summed E-state index contributed by atoms with van der Waals surface area (Å²) in [6.07, 6.45) is 0. The number of rotatable bonds is 4. The van der Waals surface area contributed by atoms with Gasteiger partial charge >= 0.3 is 0 Å². The number of nitrogens with one attached hydrogen (secondary N) is 1. The van der Waals surface area contributed by atoms with E-state index in [-0.39, 0.29) is 0 Å². The number of hydrogen-bond acceptors (Lipinski definition) is 6. The molecule has 2 heterocycles. The molecule has 0 atom stereocenters. The molecule has 0 aliphatic carbocycles. The molecule has 0 radical (unpaired) electrons. The maximum absolute atomic E-state index is 5.47. The van der Waals surface area contributed by atoms with E-state index >= 15 is 0 Å². The van der Waals surface area contributed by atoms with Crippen LogP contribution in [0, 0.1) is 0 Å². The molecule has 0 aliphatic rings. The molecule has 0 unspecified atom stereocenters. The molecule has 0 aliphatic heterocycles.